The van der Waals surface area contributed by atoms with Crippen LogP contribution >= 0.6 is 11.6 Å². The Labute approximate surface area is 274 Å². The van der Waals surface area contributed by atoms with E-state index in [0.29, 0.717) is 0 Å². The summed E-state index contributed by atoms with van der Waals surface area (Å²) in [6.45, 7) is 0. The minimum Gasteiger partial charge on any atom is -0.355 e. The van der Waals surface area contributed by atoms with Crippen molar-refractivity contribution in [1.29, 1.82) is 0 Å². The van der Waals surface area contributed by atoms with Crippen LogP contribution in [0.3, 0.4) is 0 Å². The number of anilines is 5. The molecule has 2 nitrogen and oxygen atoms in total. The second kappa shape index (κ2) is 10.5. The van der Waals surface area contributed by atoms with Crippen molar-refractivity contribution in [3.05, 3.63) is 197 Å². The lowest BCUT2D eigenvalue weighted by Crippen LogP contribution is -2.40. The Balaban J connectivity index is 1.37. The summed E-state index contributed by atoms with van der Waals surface area (Å²) in [6.07, 6.45) is 0. The molecule has 0 amide bonds. The van der Waals surface area contributed by atoms with E-state index in [0.717, 1.165) is 39.0 Å². The van der Waals surface area contributed by atoms with Crippen LogP contribution in [0.25, 0.3) is 22.3 Å². The Bertz CT molecular complexity index is 2240. The van der Waals surface area contributed by atoms with Gasteiger partial charge >= 0.3 is 0 Å². The predicted molar refractivity (Wildman–Crippen MR) is 192 cm³/mol. The highest BCUT2D eigenvalue weighted by Gasteiger charge is 2.50. The van der Waals surface area contributed by atoms with E-state index in [1.165, 1.54) is 38.9 Å². The van der Waals surface area contributed by atoms with Gasteiger partial charge in [-0.1, -0.05) is 127 Å². The van der Waals surface area contributed by atoms with Crippen LogP contribution in [0.15, 0.2) is 170 Å². The fourth-order valence-corrected chi connectivity index (χ4v) is 7.71. The minimum atomic E-state index is -0.612. The van der Waals surface area contributed by atoms with E-state index in [-0.39, 0.29) is 0 Å². The maximum Gasteiger partial charge on any atom is 0.0783 e. The summed E-state index contributed by atoms with van der Waals surface area (Å²) in [5.74, 6) is 0. The van der Waals surface area contributed by atoms with E-state index >= 15 is 0 Å². The van der Waals surface area contributed by atoms with Crippen LogP contribution < -0.4 is 10.2 Å². The molecule has 2 aliphatic heterocycles. The second-order valence-electron chi connectivity index (χ2n) is 12.0. The number of benzene rings is 7. The molecule has 0 saturated heterocycles. The molecule has 7 aromatic rings. The monoisotopic (exact) mass is 608 g/mol. The fourth-order valence-electron chi connectivity index (χ4n) is 7.54. The van der Waals surface area contributed by atoms with Gasteiger partial charge in [-0.05, 0) is 99.1 Å². The lowest BCUT2D eigenvalue weighted by molar-refractivity contribution is 0.727. The highest BCUT2D eigenvalue weighted by molar-refractivity contribution is 6.30. The Morgan fingerprint density at radius 2 is 0.978 bits per heavy atom. The van der Waals surface area contributed by atoms with Gasteiger partial charge in [0.15, 0.2) is 0 Å². The molecular weight excluding hydrogens is 580 g/mol. The molecule has 2 heterocycles. The Kier molecular flexibility index (Phi) is 6.12. The summed E-state index contributed by atoms with van der Waals surface area (Å²) in [5.41, 5.74) is 14.5. The van der Waals surface area contributed by atoms with Gasteiger partial charge in [0.05, 0.1) is 16.8 Å². The molecule has 0 aromatic heterocycles. The fraction of sp³-hybridized carbons (Fsp3) is 0.0233. The third kappa shape index (κ3) is 3.97. The summed E-state index contributed by atoms with van der Waals surface area (Å²) in [7, 11) is 0. The Morgan fingerprint density at radius 1 is 0.413 bits per heavy atom. The second-order valence-corrected chi connectivity index (χ2v) is 12.4. The quantitative estimate of drug-likeness (QED) is 0.215. The topological polar surface area (TPSA) is 15.3 Å². The molecule has 9 rings (SSSR count). The Morgan fingerprint density at radius 3 is 1.74 bits per heavy atom. The van der Waals surface area contributed by atoms with Crippen LogP contribution in [0.2, 0.25) is 5.02 Å². The van der Waals surface area contributed by atoms with Gasteiger partial charge in [0, 0.05) is 22.1 Å². The van der Waals surface area contributed by atoms with Crippen LogP contribution in [0.1, 0.15) is 22.3 Å². The summed E-state index contributed by atoms with van der Waals surface area (Å²) in [5, 5.41) is 4.46. The molecule has 0 aliphatic carbocycles. The van der Waals surface area contributed by atoms with Gasteiger partial charge in [-0.3, -0.25) is 0 Å². The number of para-hydroxylation sites is 2. The smallest absolute Gasteiger partial charge is 0.0783 e. The molecule has 0 radical (unpaired) electrons. The van der Waals surface area contributed by atoms with Gasteiger partial charge in [-0.15, -0.1) is 0 Å². The van der Waals surface area contributed by atoms with E-state index in [1.807, 2.05) is 6.07 Å². The van der Waals surface area contributed by atoms with E-state index in [9.17, 15) is 0 Å². The van der Waals surface area contributed by atoms with Crippen LogP contribution in [-0.4, -0.2) is 0 Å². The first-order valence-electron chi connectivity index (χ1n) is 15.6. The van der Waals surface area contributed by atoms with Crippen molar-refractivity contribution >= 4 is 40.0 Å². The maximum absolute atomic E-state index is 6.84. The highest BCUT2D eigenvalue weighted by Crippen LogP contribution is 2.62. The number of fused-ring (bicyclic) bond motifs is 8. The lowest BCUT2D eigenvalue weighted by Gasteiger charge is -2.49. The Hall–Kier alpha value is -5.57. The van der Waals surface area contributed by atoms with E-state index in [1.54, 1.807) is 0 Å². The standard InChI is InChI=1S/C43H29ClN2/c44-33-22-25-40-37(28-33)43(35-15-7-9-17-39(35)45-40)36-16-8-10-18-41(36)46(34-23-19-31(20-24-34)29-11-3-1-4-12-29)42-26-21-32(27-38(42)43)30-13-5-2-6-14-30/h1-28,45H/t43-/m0/s1. The lowest BCUT2D eigenvalue weighted by atomic mass is 9.60. The summed E-state index contributed by atoms with van der Waals surface area (Å²) in [6, 6.07) is 60.9. The molecule has 1 spiro atoms. The molecule has 0 bridgehead atoms. The van der Waals surface area contributed by atoms with Crippen LogP contribution in [0.4, 0.5) is 28.4 Å². The van der Waals surface area contributed by atoms with E-state index < -0.39 is 5.41 Å². The van der Waals surface area contributed by atoms with Crippen molar-refractivity contribution in [2.75, 3.05) is 10.2 Å². The molecule has 0 fully saturated rings. The van der Waals surface area contributed by atoms with Crippen molar-refractivity contribution < 1.29 is 0 Å². The van der Waals surface area contributed by atoms with Gasteiger partial charge in [0.1, 0.15) is 0 Å². The molecule has 0 unspecified atom stereocenters. The zero-order chi connectivity index (χ0) is 30.7. The van der Waals surface area contributed by atoms with E-state index in [2.05, 4.69) is 174 Å². The molecule has 46 heavy (non-hydrogen) atoms. The molecule has 218 valence electrons. The van der Waals surface area contributed by atoms with Gasteiger partial charge in [0.2, 0.25) is 0 Å². The average molecular weight is 609 g/mol. The van der Waals surface area contributed by atoms with Gasteiger partial charge < -0.3 is 10.2 Å². The SMILES string of the molecule is Clc1ccc2c(c1)[C@]1(c3ccccc3N2)c2ccccc2N(c2ccc(-c3ccccc3)cc2)c2ccc(-c3ccccc3)cc21. The van der Waals surface area contributed by atoms with Gasteiger partial charge in [0.25, 0.3) is 0 Å². The molecule has 3 heteroatoms. The molecule has 2 aliphatic rings. The molecule has 7 aromatic carbocycles. The third-order valence-electron chi connectivity index (χ3n) is 9.52. The number of hydrogen-bond donors (Lipinski definition) is 1. The van der Waals surface area contributed by atoms with Crippen molar-refractivity contribution in [2.45, 2.75) is 5.41 Å². The van der Waals surface area contributed by atoms with Crippen LogP contribution in [0.5, 0.6) is 0 Å². The first kappa shape index (κ1) is 26.8. The maximum atomic E-state index is 6.84. The third-order valence-corrected chi connectivity index (χ3v) is 9.75. The van der Waals surface area contributed by atoms with E-state index in [4.69, 9.17) is 11.6 Å². The molecular formula is C43H29ClN2. The number of rotatable bonds is 3. The van der Waals surface area contributed by atoms with Crippen LogP contribution in [-0.2, 0) is 5.41 Å². The first-order valence-corrected chi connectivity index (χ1v) is 16.0. The van der Waals surface area contributed by atoms with Crippen molar-refractivity contribution in [3.8, 4) is 22.3 Å². The number of nitrogens with one attached hydrogen (secondary N) is 1. The first-order chi connectivity index (χ1) is 22.7. The number of nitrogens with zero attached hydrogens (tertiary/aromatic N) is 1. The zero-order valence-electron chi connectivity index (χ0n) is 25.0. The summed E-state index contributed by atoms with van der Waals surface area (Å²) >= 11 is 6.84. The van der Waals surface area contributed by atoms with Gasteiger partial charge in [-0.2, -0.15) is 0 Å². The van der Waals surface area contributed by atoms with Crippen LogP contribution in [0, 0.1) is 0 Å². The predicted octanol–water partition coefficient (Wildman–Crippen LogP) is 11.9. The summed E-state index contributed by atoms with van der Waals surface area (Å²) < 4.78 is 0. The number of halogens is 1. The molecule has 1 N–H and O–H groups in total. The van der Waals surface area contributed by atoms with Crippen molar-refractivity contribution in [1.82, 2.24) is 0 Å². The average Bonchev–Trinajstić information content (AvgIpc) is 3.12. The molecule has 0 saturated carbocycles. The summed E-state index contributed by atoms with van der Waals surface area (Å²) in [4.78, 5) is 2.42. The largest absolute Gasteiger partial charge is 0.355 e. The van der Waals surface area contributed by atoms with Gasteiger partial charge in [-0.25, -0.2) is 0 Å². The highest BCUT2D eigenvalue weighted by atomic mass is 35.5. The molecule has 1 atom stereocenters. The van der Waals surface area contributed by atoms with Crippen molar-refractivity contribution in [2.24, 2.45) is 0 Å². The minimum absolute atomic E-state index is 0.612. The number of hydrogen-bond acceptors (Lipinski definition) is 2. The van der Waals surface area contributed by atoms with Crippen molar-refractivity contribution in [3.63, 3.8) is 0 Å². The normalized spacial score (nSPS) is 15.7. The zero-order valence-corrected chi connectivity index (χ0v) is 25.7.